The Bertz CT molecular complexity index is 830. The van der Waals surface area contributed by atoms with Gasteiger partial charge in [-0.15, -0.1) is 0 Å². The van der Waals surface area contributed by atoms with Gasteiger partial charge in [0.15, 0.2) is 5.11 Å². The zero-order valence-electron chi connectivity index (χ0n) is 15.8. The maximum absolute atomic E-state index is 12.0. The Morgan fingerprint density at radius 2 is 1.81 bits per heavy atom. The lowest BCUT2D eigenvalue weighted by Gasteiger charge is -2.22. The molecule has 0 unspecified atom stereocenters. The van der Waals surface area contributed by atoms with Crippen LogP contribution in [-0.4, -0.2) is 24.1 Å². The summed E-state index contributed by atoms with van der Waals surface area (Å²) < 4.78 is 0. The average Bonchev–Trinajstić information content (AvgIpc) is 2.64. The van der Waals surface area contributed by atoms with E-state index in [1.807, 2.05) is 31.2 Å². The van der Waals surface area contributed by atoms with Gasteiger partial charge < -0.3 is 10.2 Å². The van der Waals surface area contributed by atoms with Gasteiger partial charge in [0.1, 0.15) is 0 Å². The highest BCUT2D eigenvalue weighted by Gasteiger charge is 2.07. The molecule has 2 aromatic rings. The Balaban J connectivity index is 1.94. The van der Waals surface area contributed by atoms with Crippen molar-refractivity contribution >= 4 is 52.3 Å². The molecular formula is C21H24ClN3OS. The topological polar surface area (TPSA) is 44.4 Å². The molecule has 2 N–H and O–H groups in total. The number of nitrogens with one attached hydrogen (secondary N) is 2. The fourth-order valence-corrected chi connectivity index (χ4v) is 2.96. The Morgan fingerprint density at radius 1 is 1.15 bits per heavy atom. The van der Waals surface area contributed by atoms with E-state index < -0.39 is 0 Å². The number of nitrogens with zero attached hydrogens (tertiary/aromatic N) is 1. The van der Waals surface area contributed by atoms with Crippen molar-refractivity contribution in [1.82, 2.24) is 5.32 Å². The molecule has 2 aromatic carbocycles. The number of thiocarbonyl (C=S) groups is 1. The summed E-state index contributed by atoms with van der Waals surface area (Å²) in [6, 6.07) is 13.4. The molecule has 27 heavy (non-hydrogen) atoms. The van der Waals surface area contributed by atoms with E-state index in [4.69, 9.17) is 23.8 Å². The summed E-state index contributed by atoms with van der Waals surface area (Å²) in [7, 11) is 0. The zero-order chi connectivity index (χ0) is 19.8. The molecule has 0 fully saturated rings. The van der Waals surface area contributed by atoms with Gasteiger partial charge in [-0.1, -0.05) is 23.7 Å². The van der Waals surface area contributed by atoms with Crippen LogP contribution >= 0.6 is 23.8 Å². The third kappa shape index (κ3) is 6.38. The van der Waals surface area contributed by atoms with E-state index >= 15 is 0 Å². The Hall–Kier alpha value is -2.37. The van der Waals surface area contributed by atoms with Crippen molar-refractivity contribution < 1.29 is 4.79 Å². The van der Waals surface area contributed by atoms with E-state index in [-0.39, 0.29) is 11.0 Å². The smallest absolute Gasteiger partial charge is 0.250 e. The van der Waals surface area contributed by atoms with Gasteiger partial charge in [-0.2, -0.15) is 0 Å². The number of hydrogen-bond donors (Lipinski definition) is 2. The molecule has 0 bridgehead atoms. The standard InChI is InChI=1S/C21H24ClN3OS/c1-4-25(5-2)18-11-12-19(15(3)14-18)23-21(27)24-20(26)13-8-16-6-9-17(22)10-7-16/h6-14H,4-5H2,1-3H3,(H2,23,24,26,27)/b13-8+. The van der Waals surface area contributed by atoms with Gasteiger partial charge in [0.05, 0.1) is 0 Å². The molecule has 0 atom stereocenters. The lowest BCUT2D eigenvalue weighted by Crippen LogP contribution is -2.33. The Morgan fingerprint density at radius 3 is 2.41 bits per heavy atom. The quantitative estimate of drug-likeness (QED) is 0.526. The first-order chi connectivity index (χ1) is 12.9. The molecule has 0 aliphatic heterocycles. The van der Waals surface area contributed by atoms with Crippen LogP contribution in [0.2, 0.25) is 5.02 Å². The van der Waals surface area contributed by atoms with Crippen LogP contribution in [0.15, 0.2) is 48.5 Å². The predicted molar refractivity (Wildman–Crippen MR) is 120 cm³/mol. The number of aryl methyl sites for hydroxylation is 1. The van der Waals surface area contributed by atoms with Gasteiger partial charge in [-0.25, -0.2) is 0 Å². The Labute approximate surface area is 171 Å². The minimum Gasteiger partial charge on any atom is -0.372 e. The van der Waals surface area contributed by atoms with Crippen molar-refractivity contribution in [2.75, 3.05) is 23.3 Å². The second kappa shape index (κ2) is 10.1. The molecule has 142 valence electrons. The van der Waals surface area contributed by atoms with Gasteiger partial charge in [0.2, 0.25) is 5.91 Å². The van der Waals surface area contributed by atoms with Crippen molar-refractivity contribution in [3.05, 3.63) is 64.7 Å². The normalized spacial score (nSPS) is 10.7. The monoisotopic (exact) mass is 401 g/mol. The summed E-state index contributed by atoms with van der Waals surface area (Å²) in [6.45, 7) is 8.19. The summed E-state index contributed by atoms with van der Waals surface area (Å²) in [5.74, 6) is -0.292. The van der Waals surface area contributed by atoms with Gasteiger partial charge in [-0.3, -0.25) is 10.1 Å². The summed E-state index contributed by atoms with van der Waals surface area (Å²) in [5, 5.41) is 6.65. The predicted octanol–water partition coefficient (Wildman–Crippen LogP) is 5.02. The summed E-state index contributed by atoms with van der Waals surface area (Å²) in [4.78, 5) is 14.3. The van der Waals surface area contributed by atoms with Crippen LogP contribution in [0, 0.1) is 6.92 Å². The maximum Gasteiger partial charge on any atom is 0.250 e. The maximum atomic E-state index is 12.0. The summed E-state index contributed by atoms with van der Waals surface area (Å²) >= 11 is 11.1. The number of halogens is 1. The molecule has 6 heteroatoms. The fraction of sp³-hybridized carbons (Fsp3) is 0.238. The molecule has 0 aromatic heterocycles. The van der Waals surface area contributed by atoms with E-state index in [0.29, 0.717) is 5.02 Å². The number of anilines is 2. The minimum absolute atomic E-state index is 0.263. The van der Waals surface area contributed by atoms with Crippen LogP contribution in [0.3, 0.4) is 0 Å². The second-order valence-electron chi connectivity index (χ2n) is 6.00. The minimum atomic E-state index is -0.292. The lowest BCUT2D eigenvalue weighted by molar-refractivity contribution is -0.115. The van der Waals surface area contributed by atoms with Crippen molar-refractivity contribution in [3.63, 3.8) is 0 Å². The van der Waals surface area contributed by atoms with Crippen molar-refractivity contribution in [1.29, 1.82) is 0 Å². The highest BCUT2D eigenvalue weighted by Crippen LogP contribution is 2.22. The van der Waals surface area contributed by atoms with Crippen LogP contribution in [0.4, 0.5) is 11.4 Å². The Kier molecular flexibility index (Phi) is 7.82. The molecule has 0 aliphatic carbocycles. The first-order valence-electron chi connectivity index (χ1n) is 8.84. The second-order valence-corrected chi connectivity index (χ2v) is 6.84. The molecule has 0 heterocycles. The zero-order valence-corrected chi connectivity index (χ0v) is 17.3. The SMILES string of the molecule is CCN(CC)c1ccc(NC(=S)NC(=O)/C=C/c2ccc(Cl)cc2)c(C)c1. The van der Waals surface area contributed by atoms with Crippen LogP contribution < -0.4 is 15.5 Å². The summed E-state index contributed by atoms with van der Waals surface area (Å²) in [6.07, 6.45) is 3.14. The average molecular weight is 402 g/mol. The van der Waals surface area contributed by atoms with Gasteiger partial charge in [0.25, 0.3) is 0 Å². The molecule has 0 aliphatic rings. The van der Waals surface area contributed by atoms with E-state index in [1.54, 1.807) is 18.2 Å². The van der Waals surface area contributed by atoms with E-state index in [0.717, 1.165) is 29.9 Å². The number of benzene rings is 2. The molecule has 2 rings (SSSR count). The van der Waals surface area contributed by atoms with Crippen LogP contribution in [0.1, 0.15) is 25.0 Å². The lowest BCUT2D eigenvalue weighted by atomic mass is 10.1. The largest absolute Gasteiger partial charge is 0.372 e. The van der Waals surface area contributed by atoms with Crippen LogP contribution in [-0.2, 0) is 4.79 Å². The third-order valence-corrected chi connectivity index (χ3v) is 4.58. The highest BCUT2D eigenvalue weighted by molar-refractivity contribution is 7.80. The third-order valence-electron chi connectivity index (χ3n) is 4.12. The van der Waals surface area contributed by atoms with Crippen molar-refractivity contribution in [3.8, 4) is 0 Å². The van der Waals surface area contributed by atoms with Crippen molar-refractivity contribution in [2.45, 2.75) is 20.8 Å². The molecule has 0 saturated heterocycles. The number of hydrogen-bond acceptors (Lipinski definition) is 3. The number of amides is 1. The van der Waals surface area contributed by atoms with Crippen LogP contribution in [0.5, 0.6) is 0 Å². The van der Waals surface area contributed by atoms with Gasteiger partial charge in [0, 0.05) is 35.6 Å². The van der Waals surface area contributed by atoms with Gasteiger partial charge >= 0.3 is 0 Å². The first-order valence-corrected chi connectivity index (χ1v) is 9.62. The summed E-state index contributed by atoms with van der Waals surface area (Å²) in [5.41, 5.74) is 3.99. The number of carbonyl (C=O) groups excluding carboxylic acids is 1. The molecule has 1 amide bonds. The fourth-order valence-electron chi connectivity index (χ4n) is 2.63. The van der Waals surface area contributed by atoms with Crippen LogP contribution in [0.25, 0.3) is 6.08 Å². The van der Waals surface area contributed by atoms with E-state index in [9.17, 15) is 4.79 Å². The molecule has 0 radical (unpaired) electrons. The first kappa shape index (κ1) is 20.9. The van der Waals surface area contributed by atoms with E-state index in [2.05, 4.69) is 35.4 Å². The molecule has 0 spiro atoms. The van der Waals surface area contributed by atoms with Gasteiger partial charge in [-0.05, 0) is 80.5 Å². The highest BCUT2D eigenvalue weighted by atomic mass is 35.5. The van der Waals surface area contributed by atoms with E-state index in [1.165, 1.54) is 11.8 Å². The number of carbonyl (C=O) groups is 1. The van der Waals surface area contributed by atoms with Crippen molar-refractivity contribution in [2.24, 2.45) is 0 Å². The molecular weight excluding hydrogens is 378 g/mol. The number of rotatable bonds is 6. The molecule has 4 nitrogen and oxygen atoms in total. The molecule has 0 saturated carbocycles.